The summed E-state index contributed by atoms with van der Waals surface area (Å²) in [6.45, 7) is 0. The summed E-state index contributed by atoms with van der Waals surface area (Å²) in [6.07, 6.45) is 0. The van der Waals surface area contributed by atoms with Gasteiger partial charge in [-0.25, -0.2) is 8.78 Å². The second-order valence-corrected chi connectivity index (χ2v) is 5.78. The van der Waals surface area contributed by atoms with Gasteiger partial charge in [-0.15, -0.1) is 0 Å². The van der Waals surface area contributed by atoms with Crippen molar-refractivity contribution >= 4 is 22.6 Å². The number of H-pyrrole nitrogens is 1. The second-order valence-electron chi connectivity index (χ2n) is 5.78. The Kier molecular flexibility index (Phi) is 3.93. The van der Waals surface area contributed by atoms with Gasteiger partial charge in [-0.2, -0.15) is 5.10 Å². The van der Waals surface area contributed by atoms with Crippen LogP contribution < -0.4 is 5.32 Å². The molecule has 0 bridgehead atoms. The number of carbonyl (C=O) groups excluding carboxylic acids is 1. The Morgan fingerprint density at radius 1 is 0.962 bits per heavy atom. The molecule has 1 heterocycles. The van der Waals surface area contributed by atoms with Gasteiger partial charge in [0.15, 0.2) is 5.82 Å². The molecule has 128 valence electrons. The third kappa shape index (κ3) is 2.93. The first-order chi connectivity index (χ1) is 12.6. The number of benzene rings is 3. The van der Waals surface area contributed by atoms with Crippen LogP contribution in [0, 0.1) is 11.6 Å². The standard InChI is InChI=1S/C20H13F2N3O/c21-14-5-3-4-13(10-14)20(26)23-19-16-9-8-12(11-18(16)24-25-19)15-6-1-2-7-17(15)22/h1-11H,(H2,23,24,25,26). The van der Waals surface area contributed by atoms with E-state index in [1.807, 2.05) is 0 Å². The molecule has 1 aromatic heterocycles. The van der Waals surface area contributed by atoms with Gasteiger partial charge in [-0.3, -0.25) is 9.89 Å². The van der Waals surface area contributed by atoms with E-state index >= 15 is 0 Å². The number of nitrogens with one attached hydrogen (secondary N) is 2. The molecule has 4 rings (SSSR count). The zero-order valence-corrected chi connectivity index (χ0v) is 13.5. The van der Waals surface area contributed by atoms with Gasteiger partial charge in [0.25, 0.3) is 5.91 Å². The number of hydrogen-bond donors (Lipinski definition) is 2. The first-order valence-electron chi connectivity index (χ1n) is 7.92. The molecule has 2 N–H and O–H groups in total. The van der Waals surface area contributed by atoms with E-state index < -0.39 is 11.7 Å². The predicted molar refractivity (Wildman–Crippen MR) is 95.8 cm³/mol. The summed E-state index contributed by atoms with van der Waals surface area (Å²) < 4.78 is 27.2. The topological polar surface area (TPSA) is 57.8 Å². The van der Waals surface area contributed by atoms with Crippen LogP contribution in [0.2, 0.25) is 0 Å². The van der Waals surface area contributed by atoms with Crippen LogP contribution >= 0.6 is 0 Å². The van der Waals surface area contributed by atoms with E-state index in [0.717, 1.165) is 6.07 Å². The fraction of sp³-hybridized carbons (Fsp3) is 0. The number of nitrogens with zero attached hydrogens (tertiary/aromatic N) is 1. The average molecular weight is 349 g/mol. The Hall–Kier alpha value is -3.54. The van der Waals surface area contributed by atoms with Crippen molar-refractivity contribution in [2.45, 2.75) is 0 Å². The maximum absolute atomic E-state index is 14.0. The van der Waals surface area contributed by atoms with Gasteiger partial charge in [0.1, 0.15) is 11.6 Å². The molecule has 26 heavy (non-hydrogen) atoms. The first kappa shape index (κ1) is 16.0. The van der Waals surface area contributed by atoms with Crippen LogP contribution in [0.25, 0.3) is 22.0 Å². The first-order valence-corrected chi connectivity index (χ1v) is 7.92. The monoisotopic (exact) mass is 349 g/mol. The van der Waals surface area contributed by atoms with E-state index in [2.05, 4.69) is 15.5 Å². The van der Waals surface area contributed by atoms with Crippen molar-refractivity contribution < 1.29 is 13.6 Å². The highest BCUT2D eigenvalue weighted by atomic mass is 19.1. The summed E-state index contributed by atoms with van der Waals surface area (Å²) in [4.78, 5) is 12.3. The van der Waals surface area contributed by atoms with Crippen molar-refractivity contribution in [1.29, 1.82) is 0 Å². The van der Waals surface area contributed by atoms with E-state index in [4.69, 9.17) is 0 Å². The molecule has 6 heteroatoms. The van der Waals surface area contributed by atoms with Gasteiger partial charge in [0.05, 0.1) is 5.52 Å². The third-order valence-electron chi connectivity index (χ3n) is 4.07. The molecule has 1 amide bonds. The summed E-state index contributed by atoms with van der Waals surface area (Å²) in [7, 11) is 0. The Balaban J connectivity index is 1.66. The van der Waals surface area contributed by atoms with Gasteiger partial charge in [0.2, 0.25) is 0 Å². The molecule has 0 aliphatic heterocycles. The van der Waals surface area contributed by atoms with Crippen LogP contribution in [-0.4, -0.2) is 16.1 Å². The van der Waals surface area contributed by atoms with Crippen molar-refractivity contribution in [3.05, 3.63) is 83.9 Å². The number of aromatic amines is 1. The van der Waals surface area contributed by atoms with Gasteiger partial charge >= 0.3 is 0 Å². The summed E-state index contributed by atoms with van der Waals surface area (Å²) in [5, 5.41) is 10.3. The molecule has 4 nitrogen and oxygen atoms in total. The minimum atomic E-state index is -0.487. The molecule has 4 aromatic rings. The molecule has 0 aliphatic rings. The Bertz CT molecular complexity index is 1120. The number of rotatable bonds is 3. The maximum Gasteiger partial charge on any atom is 0.256 e. The number of amides is 1. The number of aromatic nitrogens is 2. The number of hydrogen-bond acceptors (Lipinski definition) is 2. The number of carbonyl (C=O) groups is 1. The summed E-state index contributed by atoms with van der Waals surface area (Å²) >= 11 is 0. The predicted octanol–water partition coefficient (Wildman–Crippen LogP) is 4.76. The largest absolute Gasteiger partial charge is 0.305 e. The normalized spacial score (nSPS) is 10.8. The highest BCUT2D eigenvalue weighted by Crippen LogP contribution is 2.28. The Labute approximate surface area is 147 Å². The second kappa shape index (κ2) is 6.40. The summed E-state index contributed by atoms with van der Waals surface area (Å²) in [6, 6.07) is 17.2. The van der Waals surface area contributed by atoms with Crippen LogP contribution in [0.3, 0.4) is 0 Å². The molecular weight excluding hydrogens is 336 g/mol. The smallest absolute Gasteiger partial charge is 0.256 e. The zero-order valence-electron chi connectivity index (χ0n) is 13.5. The Morgan fingerprint density at radius 3 is 2.62 bits per heavy atom. The average Bonchev–Trinajstić information content (AvgIpc) is 3.04. The fourth-order valence-corrected chi connectivity index (χ4v) is 2.79. The number of halogens is 2. The van der Waals surface area contributed by atoms with Crippen molar-refractivity contribution in [3.63, 3.8) is 0 Å². The summed E-state index contributed by atoms with van der Waals surface area (Å²) in [5.74, 6) is -0.935. The molecule has 0 spiro atoms. The lowest BCUT2D eigenvalue weighted by Gasteiger charge is -2.05. The fourth-order valence-electron chi connectivity index (χ4n) is 2.79. The van der Waals surface area contributed by atoms with Crippen molar-refractivity contribution in [3.8, 4) is 11.1 Å². The number of anilines is 1. The van der Waals surface area contributed by atoms with Crippen molar-refractivity contribution in [2.24, 2.45) is 0 Å². The molecule has 0 atom stereocenters. The van der Waals surface area contributed by atoms with E-state index in [-0.39, 0.29) is 11.4 Å². The van der Waals surface area contributed by atoms with Gasteiger partial charge < -0.3 is 5.32 Å². The lowest BCUT2D eigenvalue weighted by Crippen LogP contribution is -2.12. The molecular formula is C20H13F2N3O. The maximum atomic E-state index is 14.0. The van der Waals surface area contributed by atoms with Gasteiger partial charge in [-0.05, 0) is 42.0 Å². The van der Waals surface area contributed by atoms with E-state index in [0.29, 0.717) is 27.8 Å². The SMILES string of the molecule is O=C(Nc1n[nH]c2cc(-c3ccccc3F)ccc12)c1cccc(F)c1. The van der Waals surface area contributed by atoms with Crippen LogP contribution in [0.4, 0.5) is 14.6 Å². The Morgan fingerprint density at radius 2 is 1.81 bits per heavy atom. The van der Waals surface area contributed by atoms with E-state index in [1.165, 1.54) is 24.3 Å². The van der Waals surface area contributed by atoms with Crippen molar-refractivity contribution in [2.75, 3.05) is 5.32 Å². The molecule has 3 aromatic carbocycles. The van der Waals surface area contributed by atoms with Gasteiger partial charge in [0, 0.05) is 16.5 Å². The van der Waals surface area contributed by atoms with E-state index in [9.17, 15) is 13.6 Å². The number of fused-ring (bicyclic) bond motifs is 1. The highest BCUT2D eigenvalue weighted by Gasteiger charge is 2.13. The van der Waals surface area contributed by atoms with Crippen LogP contribution in [0.5, 0.6) is 0 Å². The van der Waals surface area contributed by atoms with Crippen LogP contribution in [0.15, 0.2) is 66.7 Å². The molecule has 0 fully saturated rings. The minimum absolute atomic E-state index is 0.198. The zero-order chi connectivity index (χ0) is 18.1. The lowest BCUT2D eigenvalue weighted by molar-refractivity contribution is 0.102. The molecule has 0 unspecified atom stereocenters. The van der Waals surface area contributed by atoms with Crippen molar-refractivity contribution in [1.82, 2.24) is 10.2 Å². The molecule has 0 aliphatic carbocycles. The van der Waals surface area contributed by atoms with Gasteiger partial charge in [-0.1, -0.05) is 30.3 Å². The quantitative estimate of drug-likeness (QED) is 0.560. The lowest BCUT2D eigenvalue weighted by atomic mass is 10.0. The molecule has 0 saturated carbocycles. The highest BCUT2D eigenvalue weighted by molar-refractivity contribution is 6.08. The third-order valence-corrected chi connectivity index (χ3v) is 4.07. The summed E-state index contributed by atoms with van der Waals surface area (Å²) in [5.41, 5.74) is 2.03. The van der Waals surface area contributed by atoms with Crippen LogP contribution in [-0.2, 0) is 0 Å². The molecule has 0 radical (unpaired) electrons. The molecule has 0 saturated heterocycles. The minimum Gasteiger partial charge on any atom is -0.305 e. The van der Waals surface area contributed by atoms with Crippen LogP contribution in [0.1, 0.15) is 10.4 Å². The van der Waals surface area contributed by atoms with E-state index in [1.54, 1.807) is 36.4 Å².